The first-order chi connectivity index (χ1) is 17.6. The van der Waals surface area contributed by atoms with Crippen LogP contribution in [0.1, 0.15) is 35.8 Å². The van der Waals surface area contributed by atoms with E-state index in [9.17, 15) is 19.2 Å². The average Bonchev–Trinajstić information content (AvgIpc) is 3.37. The highest BCUT2D eigenvalue weighted by atomic mass is 32.1. The molecule has 1 aromatic carbocycles. The molecule has 0 saturated carbocycles. The van der Waals surface area contributed by atoms with Gasteiger partial charge in [0.05, 0.1) is 31.2 Å². The first kappa shape index (κ1) is 27.7. The molecule has 37 heavy (non-hydrogen) atoms. The summed E-state index contributed by atoms with van der Waals surface area (Å²) in [6.07, 6.45) is 1.99. The normalized spacial score (nSPS) is 22.3. The molecule has 3 heterocycles. The largest absolute Gasteiger partial charge is 0.478 e. The summed E-state index contributed by atoms with van der Waals surface area (Å²) in [6, 6.07) is 11.9. The Balaban J connectivity index is 0.000000414. The number of hydrogen-bond acceptors (Lipinski definition) is 8. The summed E-state index contributed by atoms with van der Waals surface area (Å²) in [4.78, 5) is 48.7. The lowest BCUT2D eigenvalue weighted by atomic mass is 9.64. The zero-order valence-electron chi connectivity index (χ0n) is 21.0. The second-order valence-corrected chi connectivity index (χ2v) is 9.63. The fourth-order valence-electron chi connectivity index (χ4n) is 5.29. The van der Waals surface area contributed by atoms with Gasteiger partial charge >= 0.3 is 23.9 Å². The Labute approximate surface area is 218 Å². The molecule has 2 aliphatic rings. The van der Waals surface area contributed by atoms with E-state index in [1.165, 1.54) is 24.7 Å². The maximum absolute atomic E-state index is 13.3. The first-order valence-corrected chi connectivity index (χ1v) is 12.4. The van der Waals surface area contributed by atoms with Crippen molar-refractivity contribution in [3.8, 4) is 0 Å². The number of carboxylic acid groups (broad SMARTS) is 2. The summed E-state index contributed by atoms with van der Waals surface area (Å²) < 4.78 is 10.5. The third kappa shape index (κ3) is 5.29. The highest BCUT2D eigenvalue weighted by Crippen LogP contribution is 2.56. The molecule has 196 valence electrons. The number of esters is 2. The van der Waals surface area contributed by atoms with Gasteiger partial charge in [0.1, 0.15) is 0 Å². The molecule has 0 spiro atoms. The van der Waals surface area contributed by atoms with Gasteiger partial charge in [0.25, 0.3) is 0 Å². The van der Waals surface area contributed by atoms with E-state index in [2.05, 4.69) is 23.3 Å². The fourth-order valence-corrected chi connectivity index (χ4v) is 6.46. The smallest absolute Gasteiger partial charge is 0.336 e. The molecule has 10 heteroatoms. The molecular weight excluding hydrogens is 498 g/mol. The number of thiophene rings is 1. The third-order valence-corrected chi connectivity index (χ3v) is 7.99. The van der Waals surface area contributed by atoms with Gasteiger partial charge in [-0.05, 0) is 42.8 Å². The topological polar surface area (TPSA) is 130 Å². The molecule has 2 aliphatic heterocycles. The summed E-state index contributed by atoms with van der Waals surface area (Å²) in [5.74, 6) is -4.26. The molecule has 2 aromatic rings. The zero-order chi connectivity index (χ0) is 27.3. The maximum Gasteiger partial charge on any atom is 0.336 e. The van der Waals surface area contributed by atoms with Crippen molar-refractivity contribution in [2.45, 2.75) is 31.7 Å². The van der Waals surface area contributed by atoms with Crippen LogP contribution in [0, 0.1) is 5.92 Å². The number of nitrogens with zero attached hydrogens (tertiary/aromatic N) is 1. The lowest BCUT2D eigenvalue weighted by Gasteiger charge is -2.55. The Hall–Kier alpha value is -3.92. The molecule has 0 bridgehead atoms. The number of carboxylic acids is 2. The molecule has 0 radical (unpaired) electrons. The SMILES string of the molecule is COC(=O)C1=C(C)N2CCc3ccsc3C2(C)C(C(=O)OC)C1c1ccccc1.O=C(O)C=CC(=O)O. The van der Waals surface area contributed by atoms with Crippen molar-refractivity contribution in [2.24, 2.45) is 5.92 Å². The Morgan fingerprint density at radius 3 is 2.19 bits per heavy atom. The number of allylic oxidation sites excluding steroid dienone is 1. The molecule has 0 fully saturated rings. The van der Waals surface area contributed by atoms with Gasteiger partial charge in [-0.25, -0.2) is 14.4 Å². The summed E-state index contributed by atoms with van der Waals surface area (Å²) >= 11 is 1.67. The highest BCUT2D eigenvalue weighted by molar-refractivity contribution is 7.10. The second-order valence-electron chi connectivity index (χ2n) is 8.71. The van der Waals surface area contributed by atoms with Crippen LogP contribution >= 0.6 is 11.3 Å². The van der Waals surface area contributed by atoms with Gasteiger partial charge in [-0.3, -0.25) is 4.79 Å². The number of carbonyl (C=O) groups is 4. The van der Waals surface area contributed by atoms with Gasteiger partial charge in [0.15, 0.2) is 0 Å². The van der Waals surface area contributed by atoms with E-state index in [1.807, 2.05) is 37.3 Å². The van der Waals surface area contributed by atoms with Crippen LogP contribution in [0.3, 0.4) is 0 Å². The van der Waals surface area contributed by atoms with Crippen LogP contribution in [-0.2, 0) is 40.6 Å². The quantitative estimate of drug-likeness (QED) is 0.443. The number of ether oxygens (including phenoxy) is 2. The van der Waals surface area contributed by atoms with Gasteiger partial charge in [-0.15, -0.1) is 11.3 Å². The van der Waals surface area contributed by atoms with Gasteiger partial charge in [0, 0.05) is 35.2 Å². The van der Waals surface area contributed by atoms with Crippen LogP contribution in [0.4, 0.5) is 0 Å². The lowest BCUT2D eigenvalue weighted by Crippen LogP contribution is -2.59. The van der Waals surface area contributed by atoms with Crippen LogP contribution in [0.2, 0.25) is 0 Å². The number of aliphatic carboxylic acids is 2. The van der Waals surface area contributed by atoms with Crippen molar-refractivity contribution in [2.75, 3.05) is 20.8 Å². The third-order valence-electron chi connectivity index (χ3n) is 6.80. The van der Waals surface area contributed by atoms with Crippen molar-refractivity contribution < 1.29 is 38.9 Å². The zero-order valence-corrected chi connectivity index (χ0v) is 21.8. The van der Waals surface area contributed by atoms with E-state index in [1.54, 1.807) is 11.3 Å². The maximum atomic E-state index is 13.3. The molecular formula is C27H29NO8S. The van der Waals surface area contributed by atoms with Crippen LogP contribution < -0.4 is 0 Å². The van der Waals surface area contributed by atoms with E-state index in [0.717, 1.165) is 24.2 Å². The van der Waals surface area contributed by atoms with E-state index < -0.39 is 35.3 Å². The summed E-state index contributed by atoms with van der Waals surface area (Å²) in [5, 5.41) is 17.7. The number of benzene rings is 1. The summed E-state index contributed by atoms with van der Waals surface area (Å²) in [5.41, 5.74) is 2.98. The molecule has 3 atom stereocenters. The predicted molar refractivity (Wildman–Crippen MR) is 136 cm³/mol. The molecule has 0 aliphatic carbocycles. The summed E-state index contributed by atoms with van der Waals surface area (Å²) in [6.45, 7) is 4.81. The van der Waals surface area contributed by atoms with Crippen molar-refractivity contribution in [1.29, 1.82) is 0 Å². The molecule has 0 saturated heterocycles. The van der Waals surface area contributed by atoms with Gasteiger partial charge in [-0.2, -0.15) is 0 Å². The highest BCUT2D eigenvalue weighted by Gasteiger charge is 2.58. The van der Waals surface area contributed by atoms with E-state index in [-0.39, 0.29) is 5.97 Å². The Morgan fingerprint density at radius 1 is 1.03 bits per heavy atom. The van der Waals surface area contributed by atoms with E-state index in [4.69, 9.17) is 19.7 Å². The van der Waals surface area contributed by atoms with Gasteiger partial charge < -0.3 is 24.6 Å². The summed E-state index contributed by atoms with van der Waals surface area (Å²) in [7, 11) is 2.80. The Bertz CT molecular complexity index is 1230. The lowest BCUT2D eigenvalue weighted by molar-refractivity contribution is -0.154. The number of hydrogen-bond donors (Lipinski definition) is 2. The molecule has 2 N–H and O–H groups in total. The molecule has 3 unspecified atom stereocenters. The van der Waals surface area contributed by atoms with Crippen LogP contribution in [-0.4, -0.2) is 59.8 Å². The number of carbonyl (C=O) groups excluding carboxylic acids is 2. The van der Waals surface area contributed by atoms with E-state index in [0.29, 0.717) is 17.7 Å². The first-order valence-electron chi connectivity index (χ1n) is 11.5. The predicted octanol–water partition coefficient (Wildman–Crippen LogP) is 3.57. The monoisotopic (exact) mass is 527 g/mol. The fraction of sp³-hybridized carbons (Fsp3) is 0.333. The number of fused-ring (bicyclic) bond motifs is 3. The Kier molecular flexibility index (Phi) is 8.54. The Morgan fingerprint density at radius 2 is 1.65 bits per heavy atom. The molecule has 0 amide bonds. The van der Waals surface area contributed by atoms with Gasteiger partial charge in [-0.1, -0.05) is 30.3 Å². The van der Waals surface area contributed by atoms with Gasteiger partial charge in [0.2, 0.25) is 0 Å². The minimum Gasteiger partial charge on any atom is -0.478 e. The molecule has 1 aromatic heterocycles. The number of methoxy groups -OCH3 is 2. The minimum atomic E-state index is -1.26. The number of rotatable bonds is 5. The molecule has 4 rings (SSSR count). The van der Waals surface area contributed by atoms with Crippen LogP contribution in [0.15, 0.2) is 65.2 Å². The van der Waals surface area contributed by atoms with Crippen molar-refractivity contribution in [3.63, 3.8) is 0 Å². The van der Waals surface area contributed by atoms with E-state index >= 15 is 0 Å². The van der Waals surface area contributed by atoms with Crippen LogP contribution in [0.5, 0.6) is 0 Å². The second kappa shape index (κ2) is 11.4. The molecule has 9 nitrogen and oxygen atoms in total. The van der Waals surface area contributed by atoms with Crippen molar-refractivity contribution in [1.82, 2.24) is 4.90 Å². The van der Waals surface area contributed by atoms with Crippen LogP contribution in [0.25, 0.3) is 0 Å². The average molecular weight is 528 g/mol. The van der Waals surface area contributed by atoms with Crippen molar-refractivity contribution in [3.05, 3.63) is 81.2 Å². The minimum absolute atomic E-state index is 0.318. The standard InChI is InChI=1S/C23H25NO4S.C4H4O4/c1-14-17(21(25)27-3)18(15-8-6-5-7-9-15)19(22(26)28-4)23(2)20-16(11-13-29-20)10-12-24(14)23;5-3(6)1-2-4(7)8/h5-9,11,13,18-19H,10,12H2,1-4H3;1-2H,(H,5,6)(H,7,8). The van der Waals surface area contributed by atoms with Crippen molar-refractivity contribution >= 4 is 35.2 Å².